The van der Waals surface area contributed by atoms with E-state index in [9.17, 15) is 4.79 Å². The van der Waals surface area contributed by atoms with Gasteiger partial charge < -0.3 is 10.2 Å². The van der Waals surface area contributed by atoms with Crippen LogP contribution in [0.5, 0.6) is 0 Å². The first-order valence-corrected chi connectivity index (χ1v) is 7.27. The number of rotatable bonds is 2. The molecule has 1 N–H and O–H groups in total. The summed E-state index contributed by atoms with van der Waals surface area (Å²) in [5.41, 5.74) is 3.30. The van der Waals surface area contributed by atoms with Crippen molar-refractivity contribution in [3.05, 3.63) is 29.3 Å². The molecule has 1 atom stereocenters. The zero-order valence-electron chi connectivity index (χ0n) is 12.2. The molecule has 1 fully saturated rings. The highest BCUT2D eigenvalue weighted by molar-refractivity contribution is 5.90. The zero-order valence-corrected chi connectivity index (χ0v) is 12.2. The monoisotopic (exact) mass is 260 g/mol. The Kier molecular flexibility index (Phi) is 4.46. The molecule has 0 spiro atoms. The molecule has 3 nitrogen and oxygen atoms in total. The largest absolute Gasteiger partial charge is 0.322 e. The van der Waals surface area contributed by atoms with Gasteiger partial charge in [0.05, 0.1) is 0 Å². The van der Waals surface area contributed by atoms with Crippen LogP contribution in [0.3, 0.4) is 0 Å². The fourth-order valence-electron chi connectivity index (χ4n) is 2.77. The van der Waals surface area contributed by atoms with Gasteiger partial charge in [0.1, 0.15) is 0 Å². The van der Waals surface area contributed by atoms with E-state index in [1.807, 2.05) is 17.0 Å². The first-order valence-electron chi connectivity index (χ1n) is 7.27. The van der Waals surface area contributed by atoms with Crippen LogP contribution in [-0.2, 0) is 0 Å². The molecule has 1 aliphatic heterocycles. The highest BCUT2D eigenvalue weighted by Crippen LogP contribution is 2.22. The molecule has 19 heavy (non-hydrogen) atoms. The van der Waals surface area contributed by atoms with Gasteiger partial charge in [-0.05, 0) is 56.7 Å². The van der Waals surface area contributed by atoms with Crippen molar-refractivity contribution >= 4 is 11.7 Å². The minimum absolute atomic E-state index is 0.0558. The van der Waals surface area contributed by atoms with Gasteiger partial charge in [0.25, 0.3) is 0 Å². The summed E-state index contributed by atoms with van der Waals surface area (Å²) in [6.45, 7) is 7.17. The maximum Gasteiger partial charge on any atom is 0.322 e. The van der Waals surface area contributed by atoms with E-state index in [0.717, 1.165) is 37.1 Å². The number of aryl methyl sites for hydroxylation is 1. The Balaban J connectivity index is 2.09. The molecule has 3 heteroatoms. The van der Waals surface area contributed by atoms with E-state index in [1.54, 1.807) is 0 Å². The van der Waals surface area contributed by atoms with E-state index in [0.29, 0.717) is 6.04 Å². The lowest BCUT2D eigenvalue weighted by Crippen LogP contribution is -2.45. The van der Waals surface area contributed by atoms with Crippen molar-refractivity contribution in [3.63, 3.8) is 0 Å². The topological polar surface area (TPSA) is 32.3 Å². The van der Waals surface area contributed by atoms with Crippen LogP contribution in [0.1, 0.15) is 43.7 Å². The minimum atomic E-state index is 0.0558. The smallest absolute Gasteiger partial charge is 0.322 e. The molecule has 1 aromatic rings. The number of anilines is 1. The average molecular weight is 260 g/mol. The Morgan fingerprint density at radius 3 is 2.89 bits per heavy atom. The van der Waals surface area contributed by atoms with Gasteiger partial charge in [-0.15, -0.1) is 0 Å². The Morgan fingerprint density at radius 2 is 2.16 bits per heavy atom. The molecule has 1 saturated heterocycles. The van der Waals surface area contributed by atoms with E-state index in [2.05, 4.69) is 32.2 Å². The molecule has 1 aromatic carbocycles. The van der Waals surface area contributed by atoms with Crippen LogP contribution >= 0.6 is 0 Å². The Morgan fingerprint density at radius 1 is 1.37 bits per heavy atom. The van der Waals surface area contributed by atoms with Crippen molar-refractivity contribution in [2.24, 2.45) is 0 Å². The summed E-state index contributed by atoms with van der Waals surface area (Å²) < 4.78 is 0. The quantitative estimate of drug-likeness (QED) is 0.853. The Hall–Kier alpha value is -1.51. The van der Waals surface area contributed by atoms with Crippen molar-refractivity contribution < 1.29 is 4.79 Å². The summed E-state index contributed by atoms with van der Waals surface area (Å²) in [5.74, 6) is 0. The van der Waals surface area contributed by atoms with Crippen molar-refractivity contribution in [3.8, 4) is 0 Å². The molecule has 2 rings (SSSR count). The molecule has 0 saturated carbocycles. The summed E-state index contributed by atoms with van der Waals surface area (Å²) in [6.07, 6.45) is 4.54. The third-order valence-corrected chi connectivity index (χ3v) is 4.21. The minimum Gasteiger partial charge on any atom is -0.322 e. The number of nitrogens with zero attached hydrogens (tertiary/aromatic N) is 1. The number of likely N-dealkylation sites (tertiary alicyclic amines) is 1. The fraction of sp³-hybridized carbons (Fsp3) is 0.562. The molecule has 104 valence electrons. The van der Waals surface area contributed by atoms with Crippen LogP contribution in [0.4, 0.5) is 10.5 Å². The second-order valence-corrected chi connectivity index (χ2v) is 5.43. The van der Waals surface area contributed by atoms with Crippen molar-refractivity contribution in [1.82, 2.24) is 4.90 Å². The second kappa shape index (κ2) is 6.09. The van der Waals surface area contributed by atoms with Gasteiger partial charge in [-0.2, -0.15) is 0 Å². The van der Waals surface area contributed by atoms with Crippen LogP contribution < -0.4 is 5.32 Å². The van der Waals surface area contributed by atoms with E-state index in [-0.39, 0.29) is 6.03 Å². The molecule has 0 radical (unpaired) electrons. The van der Waals surface area contributed by atoms with Crippen LogP contribution in [0.15, 0.2) is 18.2 Å². The molecular formula is C16H24N2O. The summed E-state index contributed by atoms with van der Waals surface area (Å²) >= 11 is 0. The SMILES string of the molecule is CC[C@H]1CCCCN1C(=O)Nc1cccc(C)c1C. The predicted molar refractivity (Wildman–Crippen MR) is 79.6 cm³/mol. The molecule has 0 aromatic heterocycles. The number of piperidine rings is 1. The first kappa shape index (κ1) is 13.9. The zero-order chi connectivity index (χ0) is 13.8. The van der Waals surface area contributed by atoms with Crippen molar-refractivity contribution in [1.29, 1.82) is 0 Å². The molecule has 1 heterocycles. The van der Waals surface area contributed by atoms with E-state index in [1.165, 1.54) is 12.0 Å². The summed E-state index contributed by atoms with van der Waals surface area (Å²) in [6, 6.07) is 6.50. The Bertz CT molecular complexity index is 456. The molecule has 0 unspecified atom stereocenters. The number of hydrogen-bond acceptors (Lipinski definition) is 1. The van der Waals surface area contributed by atoms with Gasteiger partial charge in [-0.25, -0.2) is 4.79 Å². The van der Waals surface area contributed by atoms with Crippen LogP contribution in [-0.4, -0.2) is 23.5 Å². The number of carbonyl (C=O) groups is 1. The van der Waals surface area contributed by atoms with Gasteiger partial charge in [0.2, 0.25) is 0 Å². The lowest BCUT2D eigenvalue weighted by Gasteiger charge is -2.35. The van der Waals surface area contributed by atoms with Crippen molar-refractivity contribution in [2.45, 2.75) is 52.5 Å². The van der Waals surface area contributed by atoms with Crippen molar-refractivity contribution in [2.75, 3.05) is 11.9 Å². The average Bonchev–Trinajstić information content (AvgIpc) is 2.43. The number of hydrogen-bond donors (Lipinski definition) is 1. The molecule has 1 aliphatic rings. The molecule has 2 amide bonds. The summed E-state index contributed by atoms with van der Waals surface area (Å²) in [4.78, 5) is 14.4. The normalized spacial score (nSPS) is 19.3. The number of amides is 2. The fourth-order valence-corrected chi connectivity index (χ4v) is 2.77. The third-order valence-electron chi connectivity index (χ3n) is 4.21. The van der Waals surface area contributed by atoms with Gasteiger partial charge >= 0.3 is 6.03 Å². The Labute approximate surface area is 116 Å². The number of nitrogens with one attached hydrogen (secondary N) is 1. The van der Waals surface area contributed by atoms with Crippen LogP contribution in [0, 0.1) is 13.8 Å². The lowest BCUT2D eigenvalue weighted by molar-refractivity contribution is 0.160. The molecule has 0 bridgehead atoms. The highest BCUT2D eigenvalue weighted by atomic mass is 16.2. The van der Waals surface area contributed by atoms with E-state index < -0.39 is 0 Å². The predicted octanol–water partition coefficient (Wildman–Crippen LogP) is 4.10. The van der Waals surface area contributed by atoms with E-state index >= 15 is 0 Å². The van der Waals surface area contributed by atoms with Crippen LogP contribution in [0.25, 0.3) is 0 Å². The number of carbonyl (C=O) groups excluding carboxylic acids is 1. The van der Waals surface area contributed by atoms with Gasteiger partial charge in [0.15, 0.2) is 0 Å². The van der Waals surface area contributed by atoms with E-state index in [4.69, 9.17) is 0 Å². The maximum atomic E-state index is 12.4. The van der Waals surface area contributed by atoms with Gasteiger partial charge in [-0.1, -0.05) is 19.1 Å². The number of benzene rings is 1. The van der Waals surface area contributed by atoms with Gasteiger partial charge in [-0.3, -0.25) is 0 Å². The molecule has 0 aliphatic carbocycles. The standard InChI is InChI=1S/C16H24N2O/c1-4-14-9-5-6-11-18(14)16(19)17-15-10-7-8-12(2)13(15)3/h7-8,10,14H,4-6,9,11H2,1-3H3,(H,17,19)/t14-/m0/s1. The second-order valence-electron chi connectivity index (χ2n) is 5.43. The third kappa shape index (κ3) is 3.09. The summed E-state index contributed by atoms with van der Waals surface area (Å²) in [7, 11) is 0. The van der Waals surface area contributed by atoms with Gasteiger partial charge in [0, 0.05) is 18.3 Å². The first-order chi connectivity index (χ1) is 9.13. The summed E-state index contributed by atoms with van der Waals surface area (Å²) in [5, 5.41) is 3.07. The highest BCUT2D eigenvalue weighted by Gasteiger charge is 2.25. The van der Waals surface area contributed by atoms with Crippen LogP contribution in [0.2, 0.25) is 0 Å². The number of urea groups is 1. The maximum absolute atomic E-state index is 12.4. The molecular weight excluding hydrogens is 236 g/mol. The lowest BCUT2D eigenvalue weighted by atomic mass is 10.0.